The number of thiophene rings is 1. The molecule has 1 aromatic carbocycles. The number of aliphatic imine (C=N–C) groups is 1. The number of ether oxygens (including phenoxy) is 1. The van der Waals surface area contributed by atoms with Gasteiger partial charge in [-0.3, -0.25) is 9.89 Å². The van der Waals surface area contributed by atoms with E-state index in [1.807, 2.05) is 12.1 Å². The minimum Gasteiger partial charge on any atom is -0.386 e. The average molecular weight is 547 g/mol. The minimum atomic E-state index is -0.559. The van der Waals surface area contributed by atoms with Crippen LogP contribution in [0.4, 0.5) is 0 Å². The number of halogens is 1. The number of aliphatic hydroxyl groups excluding tert-OH is 1. The molecular formula is C22H35IN4O2S. The Morgan fingerprint density at radius 2 is 1.97 bits per heavy atom. The van der Waals surface area contributed by atoms with E-state index < -0.39 is 6.10 Å². The van der Waals surface area contributed by atoms with Crippen LogP contribution in [0.1, 0.15) is 31.8 Å². The Morgan fingerprint density at radius 1 is 1.23 bits per heavy atom. The molecule has 2 atom stereocenters. The first-order valence-corrected chi connectivity index (χ1v) is 11.4. The van der Waals surface area contributed by atoms with E-state index in [9.17, 15) is 5.11 Å². The second-order valence-electron chi connectivity index (χ2n) is 7.76. The molecule has 30 heavy (non-hydrogen) atoms. The molecule has 2 heterocycles. The summed E-state index contributed by atoms with van der Waals surface area (Å²) in [5.41, 5.74) is 0. The fraction of sp³-hybridized carbons (Fsp3) is 0.591. The molecule has 1 fully saturated rings. The Balaban J connectivity index is 0.00000320. The van der Waals surface area contributed by atoms with Crippen LogP contribution >= 0.6 is 35.3 Å². The van der Waals surface area contributed by atoms with E-state index in [1.165, 1.54) is 10.1 Å². The summed E-state index contributed by atoms with van der Waals surface area (Å²) >= 11 is 1.64. The van der Waals surface area contributed by atoms with Gasteiger partial charge in [-0.15, -0.1) is 35.3 Å². The minimum absolute atomic E-state index is 0. The van der Waals surface area contributed by atoms with Crippen LogP contribution in [0.3, 0.4) is 0 Å². The summed E-state index contributed by atoms with van der Waals surface area (Å²) in [7, 11) is 0. The van der Waals surface area contributed by atoms with Crippen molar-refractivity contribution < 1.29 is 9.84 Å². The number of fused-ring (bicyclic) bond motifs is 1. The lowest BCUT2D eigenvalue weighted by atomic mass is 10.0. The first-order chi connectivity index (χ1) is 14.1. The normalized spacial score (nSPS) is 17.6. The fourth-order valence-electron chi connectivity index (χ4n) is 3.64. The third-order valence-corrected chi connectivity index (χ3v) is 6.52. The molecule has 0 spiro atoms. The molecular weight excluding hydrogens is 511 g/mol. The summed E-state index contributed by atoms with van der Waals surface area (Å²) < 4.78 is 6.69. The van der Waals surface area contributed by atoms with Gasteiger partial charge in [-0.05, 0) is 30.4 Å². The van der Waals surface area contributed by atoms with Gasteiger partial charge in [0.25, 0.3) is 0 Å². The van der Waals surface area contributed by atoms with Crippen molar-refractivity contribution in [3.8, 4) is 0 Å². The number of morpholine rings is 1. The zero-order valence-electron chi connectivity index (χ0n) is 18.1. The van der Waals surface area contributed by atoms with Crippen molar-refractivity contribution in [2.45, 2.75) is 32.9 Å². The molecule has 0 bridgehead atoms. The third-order valence-electron chi connectivity index (χ3n) is 5.30. The van der Waals surface area contributed by atoms with Crippen LogP contribution in [0.15, 0.2) is 35.3 Å². The number of benzene rings is 1. The number of guanidine groups is 1. The van der Waals surface area contributed by atoms with Gasteiger partial charge in [0.2, 0.25) is 0 Å². The van der Waals surface area contributed by atoms with Gasteiger partial charge < -0.3 is 20.5 Å². The molecule has 0 radical (unpaired) electrons. The largest absolute Gasteiger partial charge is 0.386 e. The first-order valence-electron chi connectivity index (χ1n) is 10.6. The quantitative estimate of drug-likeness (QED) is 0.269. The SMILES string of the molecule is CCNC(=NCC(C(C)C)N1CCOCC1)NCC(O)c1cc2ccccc2s1.I. The fourth-order valence-corrected chi connectivity index (χ4v) is 4.69. The molecule has 1 aromatic heterocycles. The Morgan fingerprint density at radius 3 is 2.63 bits per heavy atom. The van der Waals surface area contributed by atoms with Gasteiger partial charge in [0.05, 0.1) is 19.8 Å². The van der Waals surface area contributed by atoms with Gasteiger partial charge in [0.1, 0.15) is 6.10 Å². The highest BCUT2D eigenvalue weighted by Gasteiger charge is 2.23. The van der Waals surface area contributed by atoms with Crippen molar-refractivity contribution in [2.75, 3.05) is 45.9 Å². The van der Waals surface area contributed by atoms with Gasteiger partial charge in [-0.1, -0.05) is 32.0 Å². The van der Waals surface area contributed by atoms with Crippen LogP contribution in [0.25, 0.3) is 10.1 Å². The van der Waals surface area contributed by atoms with E-state index in [1.54, 1.807) is 11.3 Å². The topological polar surface area (TPSA) is 69.1 Å². The van der Waals surface area contributed by atoms with Crippen LogP contribution in [0.5, 0.6) is 0 Å². The van der Waals surface area contributed by atoms with E-state index in [0.29, 0.717) is 18.5 Å². The Bertz CT molecular complexity index is 759. The summed E-state index contributed by atoms with van der Waals surface area (Å²) in [6.45, 7) is 12.0. The first kappa shape index (κ1) is 25.3. The molecule has 0 amide bonds. The van der Waals surface area contributed by atoms with Crippen molar-refractivity contribution in [3.63, 3.8) is 0 Å². The number of hydrogen-bond donors (Lipinski definition) is 3. The Kier molecular flexibility index (Phi) is 10.8. The van der Waals surface area contributed by atoms with E-state index in [-0.39, 0.29) is 24.0 Å². The molecule has 6 nitrogen and oxygen atoms in total. The standard InChI is InChI=1S/C22H34N4O2S.HI/c1-4-23-22(24-14-18(16(2)3)26-9-11-28-12-10-26)25-15-19(27)21-13-17-7-5-6-8-20(17)29-21;/h5-8,13,16,18-19,27H,4,9-12,14-15H2,1-3H3,(H2,23,24,25);1H. The van der Waals surface area contributed by atoms with Crippen LogP contribution in [0.2, 0.25) is 0 Å². The summed E-state index contributed by atoms with van der Waals surface area (Å²) in [6, 6.07) is 10.7. The molecule has 3 rings (SSSR count). The van der Waals surface area contributed by atoms with E-state index >= 15 is 0 Å². The highest BCUT2D eigenvalue weighted by Crippen LogP contribution is 2.29. The molecule has 3 N–H and O–H groups in total. The number of rotatable bonds is 8. The van der Waals surface area contributed by atoms with Crippen molar-refractivity contribution >= 4 is 51.4 Å². The summed E-state index contributed by atoms with van der Waals surface area (Å²) in [6.07, 6.45) is -0.559. The summed E-state index contributed by atoms with van der Waals surface area (Å²) in [5.74, 6) is 1.27. The maximum absolute atomic E-state index is 10.7. The molecule has 1 aliphatic heterocycles. The maximum Gasteiger partial charge on any atom is 0.191 e. The number of nitrogens with zero attached hydrogens (tertiary/aromatic N) is 2. The van der Waals surface area contributed by atoms with E-state index in [2.05, 4.69) is 54.5 Å². The molecule has 0 saturated carbocycles. The summed E-state index contributed by atoms with van der Waals surface area (Å²) in [5, 5.41) is 18.4. The van der Waals surface area contributed by atoms with Crippen LogP contribution in [0, 0.1) is 5.92 Å². The molecule has 0 aliphatic carbocycles. The van der Waals surface area contributed by atoms with Crippen LogP contribution < -0.4 is 10.6 Å². The highest BCUT2D eigenvalue weighted by atomic mass is 127. The molecule has 8 heteroatoms. The second kappa shape index (κ2) is 12.8. The lowest BCUT2D eigenvalue weighted by molar-refractivity contribution is 0.00867. The number of aliphatic hydroxyl groups is 1. The van der Waals surface area contributed by atoms with E-state index in [4.69, 9.17) is 9.73 Å². The highest BCUT2D eigenvalue weighted by molar-refractivity contribution is 14.0. The van der Waals surface area contributed by atoms with Gasteiger partial charge >= 0.3 is 0 Å². The Labute approximate surface area is 201 Å². The van der Waals surface area contributed by atoms with Gasteiger partial charge in [0.15, 0.2) is 5.96 Å². The van der Waals surface area contributed by atoms with Crippen LogP contribution in [-0.2, 0) is 4.74 Å². The zero-order chi connectivity index (χ0) is 20.6. The molecule has 168 valence electrons. The number of nitrogens with one attached hydrogen (secondary N) is 2. The van der Waals surface area contributed by atoms with Gasteiger partial charge in [-0.2, -0.15) is 0 Å². The smallest absolute Gasteiger partial charge is 0.191 e. The average Bonchev–Trinajstić information content (AvgIpc) is 3.17. The monoisotopic (exact) mass is 546 g/mol. The Hall–Kier alpha value is -0.940. The van der Waals surface area contributed by atoms with Crippen molar-refractivity contribution in [2.24, 2.45) is 10.9 Å². The molecule has 1 aliphatic rings. The zero-order valence-corrected chi connectivity index (χ0v) is 21.3. The molecule has 2 aromatic rings. The lowest BCUT2D eigenvalue weighted by Gasteiger charge is -2.36. The number of hydrogen-bond acceptors (Lipinski definition) is 5. The van der Waals surface area contributed by atoms with Crippen molar-refractivity contribution in [1.82, 2.24) is 15.5 Å². The molecule has 1 saturated heterocycles. The van der Waals surface area contributed by atoms with E-state index in [0.717, 1.165) is 50.2 Å². The van der Waals surface area contributed by atoms with Gasteiger partial charge in [-0.25, -0.2) is 0 Å². The van der Waals surface area contributed by atoms with Crippen molar-refractivity contribution in [3.05, 3.63) is 35.2 Å². The van der Waals surface area contributed by atoms with Gasteiger partial charge in [0, 0.05) is 41.8 Å². The predicted molar refractivity (Wildman–Crippen MR) is 137 cm³/mol. The van der Waals surface area contributed by atoms with Crippen LogP contribution in [-0.4, -0.2) is 67.9 Å². The second-order valence-corrected chi connectivity index (χ2v) is 8.88. The van der Waals surface area contributed by atoms with Crippen molar-refractivity contribution in [1.29, 1.82) is 0 Å². The molecule has 2 unspecified atom stereocenters. The summed E-state index contributed by atoms with van der Waals surface area (Å²) in [4.78, 5) is 8.28. The third kappa shape index (κ3) is 7.05. The maximum atomic E-state index is 10.7. The predicted octanol–water partition coefficient (Wildman–Crippen LogP) is 3.46. The lowest BCUT2D eigenvalue weighted by Crippen LogP contribution is -2.48.